The highest BCUT2D eigenvalue weighted by molar-refractivity contribution is 5.51. The Labute approximate surface area is 91.7 Å². The Morgan fingerprint density at radius 3 is 2.60 bits per heavy atom. The molecule has 1 atom stereocenters. The zero-order valence-corrected chi connectivity index (χ0v) is 9.81. The predicted molar refractivity (Wildman–Crippen MR) is 63.7 cm³/mol. The van der Waals surface area contributed by atoms with Crippen LogP contribution >= 0.6 is 0 Å². The van der Waals surface area contributed by atoms with Crippen molar-refractivity contribution >= 4 is 5.69 Å². The molecule has 0 radical (unpaired) electrons. The quantitative estimate of drug-likeness (QED) is 0.769. The standard InChI is InChI=1S/C13H20FN/c1-4-6-12(5-2)15-13-8-7-11(14)9-10(13)3/h7-9,12,15H,4-6H2,1-3H3. The molecule has 0 fully saturated rings. The maximum atomic E-state index is 12.9. The van der Waals surface area contributed by atoms with Gasteiger partial charge in [-0.15, -0.1) is 0 Å². The Morgan fingerprint density at radius 2 is 2.07 bits per heavy atom. The molecule has 0 saturated carbocycles. The van der Waals surface area contributed by atoms with E-state index in [0.717, 1.165) is 24.1 Å². The highest BCUT2D eigenvalue weighted by Crippen LogP contribution is 2.18. The van der Waals surface area contributed by atoms with E-state index in [1.54, 1.807) is 6.07 Å². The summed E-state index contributed by atoms with van der Waals surface area (Å²) in [4.78, 5) is 0. The first-order valence-corrected chi connectivity index (χ1v) is 5.70. The summed E-state index contributed by atoms with van der Waals surface area (Å²) in [6, 6.07) is 5.40. The van der Waals surface area contributed by atoms with E-state index in [2.05, 4.69) is 19.2 Å². The van der Waals surface area contributed by atoms with Crippen LogP contribution < -0.4 is 5.32 Å². The second kappa shape index (κ2) is 5.74. The molecular formula is C13H20FN. The lowest BCUT2D eigenvalue weighted by Gasteiger charge is -2.19. The van der Waals surface area contributed by atoms with Crippen molar-refractivity contribution in [1.29, 1.82) is 0 Å². The van der Waals surface area contributed by atoms with Crippen LogP contribution in [0.5, 0.6) is 0 Å². The molecule has 1 unspecified atom stereocenters. The smallest absolute Gasteiger partial charge is 0.123 e. The van der Waals surface area contributed by atoms with Gasteiger partial charge in [0.1, 0.15) is 5.82 Å². The summed E-state index contributed by atoms with van der Waals surface area (Å²) in [6.07, 6.45) is 3.43. The van der Waals surface area contributed by atoms with Crippen molar-refractivity contribution in [3.05, 3.63) is 29.6 Å². The SMILES string of the molecule is CCCC(CC)Nc1ccc(F)cc1C. The van der Waals surface area contributed by atoms with E-state index in [1.165, 1.54) is 12.5 Å². The molecule has 1 N–H and O–H groups in total. The number of hydrogen-bond donors (Lipinski definition) is 1. The Kier molecular flexibility index (Phi) is 4.60. The van der Waals surface area contributed by atoms with E-state index >= 15 is 0 Å². The second-order valence-corrected chi connectivity index (χ2v) is 4.00. The van der Waals surface area contributed by atoms with Gasteiger partial charge in [-0.25, -0.2) is 4.39 Å². The topological polar surface area (TPSA) is 12.0 Å². The normalized spacial score (nSPS) is 12.5. The third-order valence-electron chi connectivity index (χ3n) is 2.68. The van der Waals surface area contributed by atoms with Gasteiger partial charge >= 0.3 is 0 Å². The van der Waals surface area contributed by atoms with E-state index in [1.807, 2.05) is 13.0 Å². The maximum Gasteiger partial charge on any atom is 0.123 e. The number of halogens is 1. The number of aryl methyl sites for hydroxylation is 1. The lowest BCUT2D eigenvalue weighted by atomic mass is 10.1. The Bertz CT molecular complexity index is 309. The van der Waals surface area contributed by atoms with E-state index in [0.29, 0.717) is 6.04 Å². The van der Waals surface area contributed by atoms with Gasteiger partial charge in [-0.05, 0) is 43.5 Å². The van der Waals surface area contributed by atoms with E-state index in [9.17, 15) is 4.39 Å². The number of anilines is 1. The Morgan fingerprint density at radius 1 is 1.33 bits per heavy atom. The summed E-state index contributed by atoms with van der Waals surface area (Å²) in [5.41, 5.74) is 2.03. The predicted octanol–water partition coefficient (Wildman–Crippen LogP) is 4.12. The molecule has 0 saturated heterocycles. The van der Waals surface area contributed by atoms with Gasteiger partial charge in [0.05, 0.1) is 0 Å². The summed E-state index contributed by atoms with van der Waals surface area (Å²) in [5.74, 6) is -0.165. The minimum Gasteiger partial charge on any atom is -0.382 e. The summed E-state index contributed by atoms with van der Waals surface area (Å²) in [7, 11) is 0. The van der Waals surface area contributed by atoms with Crippen molar-refractivity contribution in [3.63, 3.8) is 0 Å². The molecule has 0 spiro atoms. The van der Waals surface area contributed by atoms with Crippen molar-refractivity contribution in [2.75, 3.05) is 5.32 Å². The average molecular weight is 209 g/mol. The van der Waals surface area contributed by atoms with E-state index < -0.39 is 0 Å². The van der Waals surface area contributed by atoms with Crippen molar-refractivity contribution in [1.82, 2.24) is 0 Å². The molecule has 84 valence electrons. The summed E-state index contributed by atoms with van der Waals surface area (Å²) in [5, 5.41) is 3.46. The lowest BCUT2D eigenvalue weighted by molar-refractivity contribution is 0.617. The van der Waals surface area contributed by atoms with E-state index in [-0.39, 0.29) is 5.82 Å². The molecule has 0 bridgehead atoms. The van der Waals surface area contributed by atoms with Crippen LogP contribution in [-0.2, 0) is 0 Å². The van der Waals surface area contributed by atoms with Crippen LogP contribution in [0.25, 0.3) is 0 Å². The van der Waals surface area contributed by atoms with Gasteiger partial charge in [0, 0.05) is 11.7 Å². The maximum absolute atomic E-state index is 12.9. The first kappa shape index (κ1) is 12.0. The first-order chi connectivity index (χ1) is 7.17. The monoisotopic (exact) mass is 209 g/mol. The van der Waals surface area contributed by atoms with Gasteiger partial charge < -0.3 is 5.32 Å². The molecule has 0 aromatic heterocycles. The fourth-order valence-electron chi connectivity index (χ4n) is 1.74. The fraction of sp³-hybridized carbons (Fsp3) is 0.538. The van der Waals surface area contributed by atoms with Crippen molar-refractivity contribution in [2.45, 2.75) is 46.1 Å². The minimum absolute atomic E-state index is 0.165. The highest BCUT2D eigenvalue weighted by Gasteiger charge is 2.06. The molecule has 1 nitrogen and oxygen atoms in total. The molecule has 2 heteroatoms. The average Bonchev–Trinajstić information content (AvgIpc) is 2.21. The van der Waals surface area contributed by atoms with Crippen molar-refractivity contribution in [2.24, 2.45) is 0 Å². The molecule has 0 aliphatic carbocycles. The summed E-state index contributed by atoms with van der Waals surface area (Å²) >= 11 is 0. The Hall–Kier alpha value is -1.05. The van der Waals surface area contributed by atoms with E-state index in [4.69, 9.17) is 0 Å². The van der Waals surface area contributed by atoms with Gasteiger partial charge in [-0.1, -0.05) is 20.3 Å². The van der Waals surface area contributed by atoms with Gasteiger partial charge in [0.15, 0.2) is 0 Å². The largest absolute Gasteiger partial charge is 0.382 e. The van der Waals surface area contributed by atoms with Gasteiger partial charge in [-0.2, -0.15) is 0 Å². The lowest BCUT2D eigenvalue weighted by Crippen LogP contribution is -2.18. The second-order valence-electron chi connectivity index (χ2n) is 4.00. The van der Waals surface area contributed by atoms with Crippen LogP contribution in [0.2, 0.25) is 0 Å². The summed E-state index contributed by atoms with van der Waals surface area (Å²) < 4.78 is 12.9. The molecule has 0 heterocycles. The number of benzene rings is 1. The van der Waals surface area contributed by atoms with Crippen molar-refractivity contribution in [3.8, 4) is 0 Å². The van der Waals surface area contributed by atoms with Gasteiger partial charge in [0.2, 0.25) is 0 Å². The fourth-order valence-corrected chi connectivity index (χ4v) is 1.74. The highest BCUT2D eigenvalue weighted by atomic mass is 19.1. The van der Waals surface area contributed by atoms with Crippen LogP contribution in [0.3, 0.4) is 0 Å². The minimum atomic E-state index is -0.165. The van der Waals surface area contributed by atoms with Crippen molar-refractivity contribution < 1.29 is 4.39 Å². The Balaban J connectivity index is 2.70. The molecule has 0 amide bonds. The van der Waals surface area contributed by atoms with Crippen LogP contribution in [-0.4, -0.2) is 6.04 Å². The third-order valence-corrected chi connectivity index (χ3v) is 2.68. The zero-order chi connectivity index (χ0) is 11.3. The molecule has 0 aliphatic rings. The van der Waals surface area contributed by atoms with Crippen LogP contribution in [0.15, 0.2) is 18.2 Å². The number of rotatable bonds is 5. The molecule has 1 aromatic carbocycles. The van der Waals surface area contributed by atoms with Gasteiger partial charge in [-0.3, -0.25) is 0 Å². The molecule has 1 rings (SSSR count). The van der Waals surface area contributed by atoms with Crippen LogP contribution in [0.4, 0.5) is 10.1 Å². The van der Waals surface area contributed by atoms with Gasteiger partial charge in [0.25, 0.3) is 0 Å². The summed E-state index contributed by atoms with van der Waals surface area (Å²) in [6.45, 7) is 6.29. The number of hydrogen-bond acceptors (Lipinski definition) is 1. The van der Waals surface area contributed by atoms with Crippen LogP contribution in [0, 0.1) is 12.7 Å². The molecular weight excluding hydrogens is 189 g/mol. The molecule has 1 aromatic rings. The van der Waals surface area contributed by atoms with Crippen LogP contribution in [0.1, 0.15) is 38.7 Å². The third kappa shape index (κ3) is 3.54. The molecule has 0 aliphatic heterocycles. The zero-order valence-electron chi connectivity index (χ0n) is 9.81. The first-order valence-electron chi connectivity index (χ1n) is 5.70. The molecule has 15 heavy (non-hydrogen) atoms. The number of nitrogens with one attached hydrogen (secondary N) is 1.